The van der Waals surface area contributed by atoms with Crippen LogP contribution in [0.5, 0.6) is 0 Å². The molecule has 2 nitrogen and oxygen atoms in total. The highest BCUT2D eigenvalue weighted by Crippen LogP contribution is 2.29. The summed E-state index contributed by atoms with van der Waals surface area (Å²) in [7, 11) is 0. The van der Waals surface area contributed by atoms with Gasteiger partial charge in [0.05, 0.1) is 5.56 Å². The van der Waals surface area contributed by atoms with E-state index in [2.05, 4.69) is 10.3 Å². The van der Waals surface area contributed by atoms with Gasteiger partial charge in [-0.2, -0.15) is 13.2 Å². The molecule has 0 fully saturated rings. The van der Waals surface area contributed by atoms with E-state index in [-0.39, 0.29) is 5.82 Å². The summed E-state index contributed by atoms with van der Waals surface area (Å²) < 4.78 is 37.5. The Bertz CT molecular complexity index is 553. The number of nitrogens with zero attached hydrogens (tertiary/aromatic N) is 1. The van der Waals surface area contributed by atoms with E-state index >= 15 is 0 Å². The third-order valence-corrected chi connectivity index (χ3v) is 2.73. The maximum Gasteiger partial charge on any atom is 0.416 e. The van der Waals surface area contributed by atoms with Gasteiger partial charge >= 0.3 is 6.18 Å². The molecule has 1 aromatic carbocycles. The molecule has 0 saturated carbocycles. The van der Waals surface area contributed by atoms with Gasteiger partial charge in [0, 0.05) is 17.8 Å². The fourth-order valence-corrected chi connectivity index (χ4v) is 1.62. The maximum atomic E-state index is 12.5. The van der Waals surface area contributed by atoms with Crippen molar-refractivity contribution >= 4 is 17.4 Å². The highest BCUT2D eigenvalue weighted by Gasteiger charge is 2.30. The first-order valence-corrected chi connectivity index (χ1v) is 5.84. The Morgan fingerprint density at radius 2 is 1.79 bits per heavy atom. The van der Waals surface area contributed by atoms with Crippen molar-refractivity contribution in [3.8, 4) is 0 Å². The minimum Gasteiger partial charge on any atom is -0.366 e. The van der Waals surface area contributed by atoms with Gasteiger partial charge in [-0.25, -0.2) is 4.98 Å². The molecule has 1 N–H and O–H groups in total. The SMILES string of the molecule is FC(F)(F)c1ccnc(NCc2ccc(Cl)cc2)c1. The van der Waals surface area contributed by atoms with Crippen LogP contribution in [-0.4, -0.2) is 4.98 Å². The number of alkyl halides is 3. The zero-order chi connectivity index (χ0) is 13.9. The zero-order valence-electron chi connectivity index (χ0n) is 9.71. The van der Waals surface area contributed by atoms with Crippen LogP contribution in [0.2, 0.25) is 5.02 Å². The number of anilines is 1. The summed E-state index contributed by atoms with van der Waals surface area (Å²) in [5, 5.41) is 3.45. The van der Waals surface area contributed by atoms with Gasteiger partial charge in [0.15, 0.2) is 0 Å². The van der Waals surface area contributed by atoms with Gasteiger partial charge in [0.25, 0.3) is 0 Å². The summed E-state index contributed by atoms with van der Waals surface area (Å²) in [5.41, 5.74) is 0.185. The first-order valence-electron chi connectivity index (χ1n) is 5.47. The predicted octanol–water partition coefficient (Wildman–Crippen LogP) is 4.37. The molecule has 0 unspecified atom stereocenters. The summed E-state index contributed by atoms with van der Waals surface area (Å²) in [6.45, 7) is 0.380. The van der Waals surface area contributed by atoms with Crippen molar-refractivity contribution in [2.75, 3.05) is 5.32 Å². The number of hydrogen-bond acceptors (Lipinski definition) is 2. The first kappa shape index (κ1) is 13.7. The molecule has 2 rings (SSSR count). The molecule has 0 aliphatic rings. The topological polar surface area (TPSA) is 24.9 Å². The molecule has 19 heavy (non-hydrogen) atoms. The Labute approximate surface area is 113 Å². The quantitative estimate of drug-likeness (QED) is 0.906. The second-order valence-electron chi connectivity index (χ2n) is 3.91. The highest BCUT2D eigenvalue weighted by molar-refractivity contribution is 6.30. The third kappa shape index (κ3) is 3.86. The molecule has 0 saturated heterocycles. The minimum atomic E-state index is -4.36. The average molecular weight is 287 g/mol. The highest BCUT2D eigenvalue weighted by atomic mass is 35.5. The second kappa shape index (κ2) is 5.48. The predicted molar refractivity (Wildman–Crippen MR) is 68.0 cm³/mol. The van der Waals surface area contributed by atoms with Crippen molar-refractivity contribution in [1.82, 2.24) is 4.98 Å². The van der Waals surface area contributed by atoms with Crippen LogP contribution in [0.3, 0.4) is 0 Å². The summed E-state index contributed by atoms with van der Waals surface area (Å²) >= 11 is 5.74. The fourth-order valence-electron chi connectivity index (χ4n) is 1.50. The minimum absolute atomic E-state index is 0.185. The smallest absolute Gasteiger partial charge is 0.366 e. The van der Waals surface area contributed by atoms with E-state index in [0.29, 0.717) is 11.6 Å². The van der Waals surface area contributed by atoms with Gasteiger partial charge in [-0.15, -0.1) is 0 Å². The normalized spacial score (nSPS) is 11.4. The van der Waals surface area contributed by atoms with Crippen LogP contribution in [0.1, 0.15) is 11.1 Å². The lowest BCUT2D eigenvalue weighted by atomic mass is 10.2. The van der Waals surface area contributed by atoms with Crippen molar-refractivity contribution in [2.24, 2.45) is 0 Å². The molecule has 0 radical (unpaired) electrons. The van der Waals surface area contributed by atoms with E-state index in [1.54, 1.807) is 24.3 Å². The maximum absolute atomic E-state index is 12.5. The van der Waals surface area contributed by atoms with E-state index in [1.807, 2.05) is 0 Å². The number of nitrogens with one attached hydrogen (secondary N) is 1. The van der Waals surface area contributed by atoms with E-state index in [0.717, 1.165) is 23.9 Å². The number of pyridine rings is 1. The molecule has 6 heteroatoms. The van der Waals surface area contributed by atoms with E-state index in [1.165, 1.54) is 0 Å². The molecule has 0 bridgehead atoms. The molecule has 1 aromatic heterocycles. The number of halogens is 4. The Kier molecular flexibility index (Phi) is 3.95. The van der Waals surface area contributed by atoms with E-state index < -0.39 is 11.7 Å². The third-order valence-electron chi connectivity index (χ3n) is 2.47. The lowest BCUT2D eigenvalue weighted by Gasteiger charge is -2.09. The lowest BCUT2D eigenvalue weighted by Crippen LogP contribution is -2.07. The summed E-state index contributed by atoms with van der Waals surface area (Å²) in [6, 6.07) is 8.95. The molecular formula is C13H10ClF3N2. The van der Waals surface area contributed by atoms with E-state index in [4.69, 9.17) is 11.6 Å². The number of hydrogen-bond donors (Lipinski definition) is 1. The van der Waals surface area contributed by atoms with Gasteiger partial charge in [0.2, 0.25) is 0 Å². The van der Waals surface area contributed by atoms with Gasteiger partial charge in [-0.1, -0.05) is 23.7 Å². The van der Waals surface area contributed by atoms with Crippen molar-refractivity contribution in [3.05, 3.63) is 58.7 Å². The summed E-state index contributed by atoms with van der Waals surface area (Å²) in [6.07, 6.45) is -3.23. The summed E-state index contributed by atoms with van der Waals surface area (Å²) in [5.74, 6) is 0.185. The Hall–Kier alpha value is -1.75. The molecule has 0 atom stereocenters. The van der Waals surface area contributed by atoms with Gasteiger partial charge < -0.3 is 5.32 Å². The number of rotatable bonds is 3. The average Bonchev–Trinajstić information content (AvgIpc) is 2.37. The molecular weight excluding hydrogens is 277 g/mol. The van der Waals surface area contributed by atoms with Crippen LogP contribution in [0, 0.1) is 0 Å². The molecule has 0 spiro atoms. The molecule has 1 heterocycles. The van der Waals surface area contributed by atoms with Crippen LogP contribution >= 0.6 is 11.6 Å². The van der Waals surface area contributed by atoms with Crippen molar-refractivity contribution in [1.29, 1.82) is 0 Å². The molecule has 0 amide bonds. The fraction of sp³-hybridized carbons (Fsp3) is 0.154. The van der Waals surface area contributed by atoms with E-state index in [9.17, 15) is 13.2 Å². The van der Waals surface area contributed by atoms with Crippen molar-refractivity contribution in [2.45, 2.75) is 12.7 Å². The van der Waals surface area contributed by atoms with Crippen LogP contribution in [0.25, 0.3) is 0 Å². The van der Waals surface area contributed by atoms with Gasteiger partial charge in [-0.05, 0) is 29.8 Å². The molecule has 2 aromatic rings. The Morgan fingerprint density at radius 1 is 1.11 bits per heavy atom. The largest absolute Gasteiger partial charge is 0.416 e. The molecule has 0 aliphatic heterocycles. The van der Waals surface area contributed by atoms with Crippen molar-refractivity contribution < 1.29 is 13.2 Å². The standard InChI is InChI=1S/C13H10ClF3N2/c14-11-3-1-9(2-4-11)8-19-12-7-10(5-6-18-12)13(15,16)17/h1-7H,8H2,(H,18,19). The van der Waals surface area contributed by atoms with Crippen molar-refractivity contribution in [3.63, 3.8) is 0 Å². The van der Waals surface area contributed by atoms with Gasteiger partial charge in [0.1, 0.15) is 5.82 Å². The van der Waals surface area contributed by atoms with Gasteiger partial charge in [-0.3, -0.25) is 0 Å². The second-order valence-corrected chi connectivity index (χ2v) is 4.34. The van der Waals surface area contributed by atoms with Crippen LogP contribution in [-0.2, 0) is 12.7 Å². The van der Waals surface area contributed by atoms with Crippen LogP contribution in [0.15, 0.2) is 42.6 Å². The number of benzene rings is 1. The lowest BCUT2D eigenvalue weighted by molar-refractivity contribution is -0.137. The monoisotopic (exact) mass is 286 g/mol. The van der Waals surface area contributed by atoms with Crippen LogP contribution in [0.4, 0.5) is 19.0 Å². The molecule has 0 aliphatic carbocycles. The summed E-state index contributed by atoms with van der Waals surface area (Å²) in [4.78, 5) is 3.85. The number of aromatic nitrogens is 1. The Balaban J connectivity index is 2.05. The zero-order valence-corrected chi connectivity index (χ0v) is 10.5. The Morgan fingerprint density at radius 3 is 2.42 bits per heavy atom. The first-order chi connectivity index (χ1) is 8.95. The molecule has 100 valence electrons. The van der Waals surface area contributed by atoms with Crippen LogP contribution < -0.4 is 5.32 Å².